The third kappa shape index (κ3) is 6.35. The lowest BCUT2D eigenvalue weighted by atomic mass is 9.91. The molecule has 1 unspecified atom stereocenters. The zero-order chi connectivity index (χ0) is 29.0. The van der Waals surface area contributed by atoms with E-state index in [4.69, 9.17) is 9.47 Å². The lowest BCUT2D eigenvalue weighted by molar-refractivity contribution is -0.158. The molecule has 3 nitrogen and oxygen atoms in total. The zero-order valence-electron chi connectivity index (χ0n) is 22.8. The van der Waals surface area contributed by atoms with Crippen molar-refractivity contribution in [3.8, 4) is 5.75 Å². The number of alkyl halides is 3. The number of esters is 1. The van der Waals surface area contributed by atoms with Crippen molar-refractivity contribution in [2.75, 3.05) is 6.61 Å². The molecule has 0 heterocycles. The fourth-order valence-corrected chi connectivity index (χ4v) is 7.40. The van der Waals surface area contributed by atoms with Crippen LogP contribution in [0.2, 0.25) is 0 Å². The van der Waals surface area contributed by atoms with Crippen LogP contribution < -0.4 is 4.74 Å². The van der Waals surface area contributed by atoms with Gasteiger partial charge in [0, 0.05) is 17.7 Å². The van der Waals surface area contributed by atoms with E-state index in [2.05, 4.69) is 36.4 Å². The quantitative estimate of drug-likeness (QED) is 0.120. The summed E-state index contributed by atoms with van der Waals surface area (Å²) in [5.74, 6) is -0.0596. The predicted octanol–water partition coefficient (Wildman–Crippen LogP) is 8.59. The summed E-state index contributed by atoms with van der Waals surface area (Å²) >= 11 is 0. The second-order valence-electron chi connectivity index (χ2n) is 9.99. The Labute approximate surface area is 241 Å². The molecule has 1 atom stereocenters. The van der Waals surface area contributed by atoms with Gasteiger partial charge in [0.2, 0.25) is 0 Å². The minimum atomic E-state index is -4.49. The number of carbonyl (C=O) groups is 1. The minimum absolute atomic E-state index is 0.292. The van der Waals surface area contributed by atoms with Crippen LogP contribution in [0.3, 0.4) is 0 Å². The SMILES string of the molecule is Cc1cc([S+](c2ccccc2)c2ccccc2)cc(C)c1OCC(=O)OC1(c2cccc(C(F)(F)F)c2)C=CCC1. The summed E-state index contributed by atoms with van der Waals surface area (Å²) in [5, 5.41) is 0. The molecule has 0 spiro atoms. The van der Waals surface area contributed by atoms with Crippen LogP contribution in [0.15, 0.2) is 124 Å². The number of hydrogen-bond acceptors (Lipinski definition) is 3. The van der Waals surface area contributed by atoms with Crippen molar-refractivity contribution in [1.29, 1.82) is 0 Å². The van der Waals surface area contributed by atoms with Crippen molar-refractivity contribution in [1.82, 2.24) is 0 Å². The summed E-state index contributed by atoms with van der Waals surface area (Å²) in [6.45, 7) is 3.52. The van der Waals surface area contributed by atoms with Gasteiger partial charge in [-0.2, -0.15) is 13.2 Å². The predicted molar refractivity (Wildman–Crippen MR) is 154 cm³/mol. The van der Waals surface area contributed by atoms with Gasteiger partial charge in [-0.3, -0.25) is 0 Å². The van der Waals surface area contributed by atoms with E-state index in [1.807, 2.05) is 56.3 Å². The molecule has 0 saturated carbocycles. The molecule has 0 fully saturated rings. The van der Waals surface area contributed by atoms with Gasteiger partial charge in [-0.05, 0) is 80.3 Å². The summed E-state index contributed by atoms with van der Waals surface area (Å²) < 4.78 is 51.8. The average Bonchev–Trinajstić information content (AvgIpc) is 3.43. The van der Waals surface area contributed by atoms with Crippen LogP contribution in [0, 0.1) is 13.8 Å². The fourth-order valence-electron chi connectivity index (χ4n) is 5.14. The highest BCUT2D eigenvalue weighted by Crippen LogP contribution is 2.40. The monoisotopic (exact) mass is 575 g/mol. The number of carbonyl (C=O) groups excluding carboxylic acids is 1. The van der Waals surface area contributed by atoms with Gasteiger partial charge in [0.1, 0.15) is 5.75 Å². The summed E-state index contributed by atoms with van der Waals surface area (Å²) in [5.41, 5.74) is 0.0180. The van der Waals surface area contributed by atoms with Gasteiger partial charge in [-0.15, -0.1) is 0 Å². The van der Waals surface area contributed by atoms with Gasteiger partial charge in [-0.1, -0.05) is 54.6 Å². The van der Waals surface area contributed by atoms with Gasteiger partial charge in [0.15, 0.2) is 26.9 Å². The first-order chi connectivity index (χ1) is 19.7. The third-order valence-corrected chi connectivity index (χ3v) is 9.20. The van der Waals surface area contributed by atoms with Crippen molar-refractivity contribution in [3.05, 3.63) is 131 Å². The summed E-state index contributed by atoms with van der Waals surface area (Å²) in [4.78, 5) is 16.5. The number of ether oxygens (including phenoxy) is 2. The van der Waals surface area contributed by atoms with Gasteiger partial charge < -0.3 is 9.47 Å². The van der Waals surface area contributed by atoms with E-state index in [9.17, 15) is 18.0 Å². The Morgan fingerprint density at radius 1 is 0.829 bits per heavy atom. The average molecular weight is 576 g/mol. The van der Waals surface area contributed by atoms with Crippen LogP contribution in [0.4, 0.5) is 13.2 Å². The number of allylic oxidation sites excluding steroid dienone is 1. The Morgan fingerprint density at radius 2 is 1.44 bits per heavy atom. The van der Waals surface area contributed by atoms with Crippen LogP contribution in [-0.4, -0.2) is 12.6 Å². The maximum absolute atomic E-state index is 13.4. The number of hydrogen-bond donors (Lipinski definition) is 0. The molecule has 1 aliphatic rings. The van der Waals surface area contributed by atoms with Crippen LogP contribution >= 0.6 is 0 Å². The molecule has 41 heavy (non-hydrogen) atoms. The Bertz CT molecular complexity index is 1490. The molecule has 0 aliphatic heterocycles. The first kappa shape index (κ1) is 28.6. The van der Waals surface area contributed by atoms with E-state index in [-0.39, 0.29) is 17.5 Å². The molecule has 4 aromatic carbocycles. The molecular weight excluding hydrogens is 545 g/mol. The Morgan fingerprint density at radius 3 is 1.98 bits per heavy atom. The second-order valence-corrected chi connectivity index (χ2v) is 12.0. The summed E-state index contributed by atoms with van der Waals surface area (Å²) in [6.07, 6.45) is -0.0463. The largest absolute Gasteiger partial charge is 0.481 e. The molecule has 5 rings (SSSR count). The molecule has 0 radical (unpaired) electrons. The van der Waals surface area contributed by atoms with Crippen molar-refractivity contribution in [2.45, 2.75) is 53.2 Å². The van der Waals surface area contributed by atoms with Crippen molar-refractivity contribution in [3.63, 3.8) is 0 Å². The third-order valence-electron chi connectivity index (χ3n) is 7.01. The molecular formula is C34H30F3O3S+. The number of halogens is 3. The maximum Gasteiger partial charge on any atom is 0.416 e. The molecule has 0 N–H and O–H groups in total. The van der Waals surface area contributed by atoms with Crippen molar-refractivity contribution < 1.29 is 27.4 Å². The van der Waals surface area contributed by atoms with E-state index in [0.29, 0.717) is 24.2 Å². The molecule has 0 amide bonds. The molecule has 0 aromatic heterocycles. The van der Waals surface area contributed by atoms with E-state index in [1.54, 1.807) is 12.1 Å². The van der Waals surface area contributed by atoms with E-state index in [1.165, 1.54) is 15.9 Å². The van der Waals surface area contributed by atoms with E-state index in [0.717, 1.165) is 28.2 Å². The smallest absolute Gasteiger partial charge is 0.416 e. The zero-order valence-corrected chi connectivity index (χ0v) is 23.6. The standard InChI is InChI=1S/C34H30F3O3S/c1-24-20-30(41(28-14-5-3-6-15-28)29-16-7-4-8-17-29)21-25(2)32(24)39-23-31(38)40-33(18-9-10-19-33)26-12-11-13-27(22-26)34(35,36)37/h3-9,11-18,20-22H,10,19,23H2,1-2H3/q+1. The van der Waals surface area contributed by atoms with Gasteiger partial charge in [0.05, 0.1) is 16.5 Å². The van der Waals surface area contributed by atoms with Crippen LogP contribution in [0.1, 0.15) is 35.1 Å². The Hall–Kier alpha value is -3.97. The number of rotatable bonds is 8. The summed E-state index contributed by atoms with van der Waals surface area (Å²) in [6, 6.07) is 29.8. The Balaban J connectivity index is 1.35. The maximum atomic E-state index is 13.4. The lowest BCUT2D eigenvalue weighted by Crippen LogP contribution is -2.31. The normalized spacial score (nSPS) is 16.6. The van der Waals surface area contributed by atoms with Gasteiger partial charge in [-0.25, -0.2) is 4.79 Å². The highest BCUT2D eigenvalue weighted by molar-refractivity contribution is 7.97. The fraction of sp³-hybridized carbons (Fsp3) is 0.206. The number of benzene rings is 4. The molecule has 0 bridgehead atoms. The highest BCUT2D eigenvalue weighted by Gasteiger charge is 2.39. The molecule has 4 aromatic rings. The summed E-state index contributed by atoms with van der Waals surface area (Å²) in [7, 11) is -0.330. The van der Waals surface area contributed by atoms with Gasteiger partial charge >= 0.3 is 12.1 Å². The highest BCUT2D eigenvalue weighted by atomic mass is 32.2. The van der Waals surface area contributed by atoms with Crippen LogP contribution in [0.25, 0.3) is 0 Å². The molecule has 210 valence electrons. The van der Waals surface area contributed by atoms with Crippen LogP contribution in [0.5, 0.6) is 5.75 Å². The van der Waals surface area contributed by atoms with E-state index < -0.39 is 23.3 Å². The molecule has 1 aliphatic carbocycles. The minimum Gasteiger partial charge on any atom is -0.481 e. The van der Waals surface area contributed by atoms with Crippen molar-refractivity contribution >= 4 is 16.9 Å². The molecule has 0 saturated heterocycles. The number of aryl methyl sites for hydroxylation is 2. The van der Waals surface area contributed by atoms with E-state index >= 15 is 0 Å². The van der Waals surface area contributed by atoms with Gasteiger partial charge in [0.25, 0.3) is 0 Å². The first-order valence-corrected chi connectivity index (χ1v) is 14.5. The Kier molecular flexibility index (Phi) is 8.27. The lowest BCUT2D eigenvalue weighted by Gasteiger charge is -2.29. The first-order valence-electron chi connectivity index (χ1n) is 13.3. The topological polar surface area (TPSA) is 35.5 Å². The van der Waals surface area contributed by atoms with Crippen molar-refractivity contribution in [2.24, 2.45) is 0 Å². The second kappa shape index (κ2) is 11.9. The van der Waals surface area contributed by atoms with Crippen LogP contribution in [-0.2, 0) is 32.2 Å². The molecule has 7 heteroatoms.